The molecule has 6 nitrogen and oxygen atoms in total. The first-order chi connectivity index (χ1) is 12.4. The van der Waals surface area contributed by atoms with Gasteiger partial charge in [0.25, 0.3) is 0 Å². The van der Waals surface area contributed by atoms with Crippen molar-refractivity contribution in [2.45, 2.75) is 18.9 Å². The summed E-state index contributed by atoms with van der Waals surface area (Å²) in [6.45, 7) is 3.88. The highest BCUT2D eigenvalue weighted by Crippen LogP contribution is 2.25. The zero-order valence-corrected chi connectivity index (χ0v) is 16.4. The topological polar surface area (TPSA) is 72.7 Å². The van der Waals surface area contributed by atoms with E-state index in [1.165, 1.54) is 18.1 Å². The third kappa shape index (κ3) is 4.55. The largest absolute Gasteiger partial charge is 0.325 e. The second-order valence-electron chi connectivity index (χ2n) is 5.52. The molecular weight excluding hydrogens is 393 g/mol. The van der Waals surface area contributed by atoms with Crippen molar-refractivity contribution in [3.05, 3.63) is 58.1 Å². The molecular formula is C17H15Cl2N5OS. The van der Waals surface area contributed by atoms with Crippen molar-refractivity contribution in [3.8, 4) is 5.82 Å². The average molecular weight is 408 g/mol. The van der Waals surface area contributed by atoms with Gasteiger partial charge in [-0.2, -0.15) is 5.10 Å². The van der Waals surface area contributed by atoms with Crippen molar-refractivity contribution in [2.75, 3.05) is 11.1 Å². The van der Waals surface area contributed by atoms with Gasteiger partial charge in [0.05, 0.1) is 21.5 Å². The molecule has 0 aliphatic heterocycles. The standard InChI is InChI=1S/C17H15Cl2N5OS/c1-10-5-11(2)24(23-10)15-7-17(21-9-20-15)26-8-16(25)22-12-3-4-13(18)14(19)6-12/h3-7,9H,8H2,1-2H3,(H,22,25). The maximum absolute atomic E-state index is 12.1. The zero-order chi connectivity index (χ0) is 18.7. The van der Waals surface area contributed by atoms with E-state index in [-0.39, 0.29) is 11.7 Å². The molecule has 3 rings (SSSR count). The normalized spacial score (nSPS) is 10.8. The van der Waals surface area contributed by atoms with Crippen molar-refractivity contribution >= 4 is 46.6 Å². The number of hydrogen-bond donors (Lipinski definition) is 1. The van der Waals surface area contributed by atoms with Gasteiger partial charge >= 0.3 is 0 Å². The van der Waals surface area contributed by atoms with E-state index in [0.717, 1.165) is 11.4 Å². The van der Waals surface area contributed by atoms with E-state index in [1.807, 2.05) is 19.9 Å². The number of benzene rings is 1. The summed E-state index contributed by atoms with van der Waals surface area (Å²) >= 11 is 13.1. The monoisotopic (exact) mass is 407 g/mol. The van der Waals surface area contributed by atoms with Crippen LogP contribution in [0.15, 0.2) is 41.7 Å². The molecule has 1 N–H and O–H groups in total. The second kappa shape index (κ2) is 8.07. The Balaban J connectivity index is 1.64. The molecule has 0 unspecified atom stereocenters. The lowest BCUT2D eigenvalue weighted by Gasteiger charge is -2.07. The molecule has 1 amide bonds. The van der Waals surface area contributed by atoms with Crippen LogP contribution in [-0.2, 0) is 4.79 Å². The van der Waals surface area contributed by atoms with E-state index < -0.39 is 0 Å². The minimum atomic E-state index is -0.167. The molecule has 0 atom stereocenters. The first-order valence-corrected chi connectivity index (χ1v) is 9.40. The molecule has 9 heteroatoms. The maximum atomic E-state index is 12.1. The van der Waals surface area contributed by atoms with Gasteiger partial charge in [-0.1, -0.05) is 35.0 Å². The van der Waals surface area contributed by atoms with Gasteiger partial charge in [-0.25, -0.2) is 14.6 Å². The van der Waals surface area contributed by atoms with E-state index in [4.69, 9.17) is 23.2 Å². The van der Waals surface area contributed by atoms with Crippen LogP contribution in [0.4, 0.5) is 5.69 Å². The zero-order valence-electron chi connectivity index (χ0n) is 14.0. The highest BCUT2D eigenvalue weighted by atomic mass is 35.5. The Labute approximate surface area is 164 Å². The number of thioether (sulfide) groups is 1. The fourth-order valence-electron chi connectivity index (χ4n) is 2.30. The lowest BCUT2D eigenvalue weighted by molar-refractivity contribution is -0.113. The quantitative estimate of drug-likeness (QED) is 0.503. The van der Waals surface area contributed by atoms with Crippen molar-refractivity contribution in [2.24, 2.45) is 0 Å². The van der Waals surface area contributed by atoms with E-state index >= 15 is 0 Å². The Bertz CT molecular complexity index is 960. The number of anilines is 1. The molecule has 2 aromatic heterocycles. The maximum Gasteiger partial charge on any atom is 0.234 e. The van der Waals surface area contributed by atoms with Gasteiger partial charge < -0.3 is 5.32 Å². The molecule has 26 heavy (non-hydrogen) atoms. The lowest BCUT2D eigenvalue weighted by atomic mass is 10.3. The summed E-state index contributed by atoms with van der Waals surface area (Å²) in [5, 5.41) is 8.70. The van der Waals surface area contributed by atoms with Crippen LogP contribution in [0.2, 0.25) is 10.0 Å². The van der Waals surface area contributed by atoms with Gasteiger partial charge in [-0.15, -0.1) is 0 Å². The smallest absolute Gasteiger partial charge is 0.234 e. The number of carbonyl (C=O) groups excluding carboxylic acids is 1. The van der Waals surface area contributed by atoms with Crippen molar-refractivity contribution in [1.29, 1.82) is 0 Å². The van der Waals surface area contributed by atoms with Gasteiger partial charge in [0, 0.05) is 17.4 Å². The first-order valence-electron chi connectivity index (χ1n) is 7.66. The summed E-state index contributed by atoms with van der Waals surface area (Å²) in [4.78, 5) is 20.6. The third-order valence-corrected chi connectivity index (χ3v) is 5.07. The molecule has 0 radical (unpaired) electrons. The number of nitrogens with zero attached hydrogens (tertiary/aromatic N) is 4. The number of halogens is 2. The van der Waals surface area contributed by atoms with Gasteiger partial charge in [0.2, 0.25) is 5.91 Å². The predicted octanol–water partition coefficient (Wildman–Crippen LogP) is 4.32. The SMILES string of the molecule is Cc1cc(C)n(-c2cc(SCC(=O)Nc3ccc(Cl)c(Cl)c3)ncn2)n1. The fraction of sp³-hybridized carbons (Fsp3) is 0.176. The van der Waals surface area contributed by atoms with Crippen LogP contribution in [0, 0.1) is 13.8 Å². The molecule has 0 fully saturated rings. The van der Waals surface area contributed by atoms with Crippen molar-refractivity contribution in [1.82, 2.24) is 19.7 Å². The van der Waals surface area contributed by atoms with Crippen LogP contribution >= 0.6 is 35.0 Å². The minimum Gasteiger partial charge on any atom is -0.325 e. The Kier molecular flexibility index (Phi) is 5.80. The average Bonchev–Trinajstić information content (AvgIpc) is 2.95. The van der Waals surface area contributed by atoms with Crippen LogP contribution < -0.4 is 5.32 Å². The van der Waals surface area contributed by atoms with E-state index in [0.29, 0.717) is 26.6 Å². The number of amides is 1. The minimum absolute atomic E-state index is 0.167. The Morgan fingerprint density at radius 2 is 1.96 bits per heavy atom. The van der Waals surface area contributed by atoms with Gasteiger partial charge in [0.1, 0.15) is 11.4 Å². The van der Waals surface area contributed by atoms with Crippen molar-refractivity contribution in [3.63, 3.8) is 0 Å². The molecule has 0 saturated heterocycles. The predicted molar refractivity (Wildman–Crippen MR) is 104 cm³/mol. The van der Waals surface area contributed by atoms with E-state index in [1.54, 1.807) is 28.9 Å². The van der Waals surface area contributed by atoms with Crippen LogP contribution in [-0.4, -0.2) is 31.4 Å². The van der Waals surface area contributed by atoms with Crippen LogP contribution in [0.3, 0.4) is 0 Å². The highest BCUT2D eigenvalue weighted by Gasteiger charge is 2.09. The summed E-state index contributed by atoms with van der Waals surface area (Å²) < 4.78 is 1.75. The molecule has 0 saturated carbocycles. The molecule has 0 aliphatic carbocycles. The van der Waals surface area contributed by atoms with Gasteiger partial charge in [0.15, 0.2) is 5.82 Å². The highest BCUT2D eigenvalue weighted by molar-refractivity contribution is 7.99. The van der Waals surface area contributed by atoms with Crippen LogP contribution in [0.25, 0.3) is 5.82 Å². The third-order valence-electron chi connectivity index (χ3n) is 3.41. The summed E-state index contributed by atoms with van der Waals surface area (Å²) in [6.07, 6.45) is 1.46. The Morgan fingerprint density at radius 1 is 1.15 bits per heavy atom. The molecule has 2 heterocycles. The molecule has 134 valence electrons. The lowest BCUT2D eigenvalue weighted by Crippen LogP contribution is -2.14. The Morgan fingerprint density at radius 3 is 2.65 bits per heavy atom. The summed E-state index contributed by atoms with van der Waals surface area (Å²) in [5.41, 5.74) is 2.49. The molecule has 0 bridgehead atoms. The van der Waals surface area contributed by atoms with E-state index in [9.17, 15) is 4.79 Å². The van der Waals surface area contributed by atoms with E-state index in [2.05, 4.69) is 20.4 Å². The van der Waals surface area contributed by atoms with Gasteiger partial charge in [-0.3, -0.25) is 4.79 Å². The Hall–Kier alpha value is -2.09. The number of rotatable bonds is 5. The molecule has 3 aromatic rings. The first kappa shape index (κ1) is 18.7. The number of aryl methyl sites for hydroxylation is 2. The number of carbonyl (C=O) groups is 1. The van der Waals surface area contributed by atoms with Crippen molar-refractivity contribution < 1.29 is 4.79 Å². The van der Waals surface area contributed by atoms with Crippen LogP contribution in [0.5, 0.6) is 0 Å². The number of nitrogens with one attached hydrogen (secondary N) is 1. The molecule has 0 aliphatic rings. The number of hydrogen-bond acceptors (Lipinski definition) is 5. The second-order valence-corrected chi connectivity index (χ2v) is 7.33. The summed E-state index contributed by atoms with van der Waals surface area (Å²) in [6, 6.07) is 8.72. The molecule has 1 aromatic carbocycles. The van der Waals surface area contributed by atoms with Crippen LogP contribution in [0.1, 0.15) is 11.4 Å². The number of aromatic nitrogens is 4. The molecule has 0 spiro atoms. The summed E-state index contributed by atoms with van der Waals surface area (Å²) in [7, 11) is 0. The van der Waals surface area contributed by atoms with Gasteiger partial charge in [-0.05, 0) is 38.1 Å². The fourth-order valence-corrected chi connectivity index (χ4v) is 3.26. The summed E-state index contributed by atoms with van der Waals surface area (Å²) in [5.74, 6) is 0.700.